The van der Waals surface area contributed by atoms with Gasteiger partial charge in [0.15, 0.2) is 0 Å². The summed E-state index contributed by atoms with van der Waals surface area (Å²) in [6.07, 6.45) is 1.11. The number of piperazine rings is 1. The smallest absolute Gasteiger partial charge is 0.226 e. The number of aryl methyl sites for hydroxylation is 2. The molecule has 4 rings (SSSR count). The number of thiophene rings is 1. The van der Waals surface area contributed by atoms with Crippen LogP contribution in [0.1, 0.15) is 17.0 Å². The molecule has 0 radical (unpaired) electrons. The second-order valence-electron chi connectivity index (χ2n) is 7.41. The quantitative estimate of drug-likeness (QED) is 0.664. The van der Waals surface area contributed by atoms with Gasteiger partial charge in [-0.1, -0.05) is 11.6 Å². The number of carbonyl (C=O) groups is 1. The molecule has 0 aliphatic carbocycles. The Hall–Kier alpha value is -2.22. The summed E-state index contributed by atoms with van der Waals surface area (Å²) in [5.41, 5.74) is 2.59. The van der Waals surface area contributed by atoms with Gasteiger partial charge in [0.2, 0.25) is 11.9 Å². The number of likely N-dealkylation sites (N-methyl/N-ethyl adjacent to an activating group) is 1. The van der Waals surface area contributed by atoms with Gasteiger partial charge in [0.05, 0.1) is 16.2 Å². The molecule has 1 amide bonds. The van der Waals surface area contributed by atoms with Crippen LogP contribution < -0.4 is 10.2 Å². The zero-order valence-corrected chi connectivity index (χ0v) is 18.2. The first-order valence-corrected chi connectivity index (χ1v) is 11.0. The molecule has 1 N–H and O–H groups in total. The van der Waals surface area contributed by atoms with Crippen molar-refractivity contribution >= 4 is 51.4 Å². The summed E-state index contributed by atoms with van der Waals surface area (Å²) in [4.78, 5) is 27.5. The van der Waals surface area contributed by atoms with Crippen molar-refractivity contribution in [1.82, 2.24) is 14.9 Å². The highest BCUT2D eigenvalue weighted by Crippen LogP contribution is 2.24. The van der Waals surface area contributed by atoms with Gasteiger partial charge in [-0.05, 0) is 44.7 Å². The molecule has 0 spiro atoms. The maximum absolute atomic E-state index is 12.3. The van der Waals surface area contributed by atoms with E-state index >= 15 is 0 Å². The van der Waals surface area contributed by atoms with Crippen LogP contribution in [0.15, 0.2) is 29.6 Å². The van der Waals surface area contributed by atoms with E-state index in [-0.39, 0.29) is 5.91 Å². The fourth-order valence-corrected chi connectivity index (χ4v) is 4.51. The van der Waals surface area contributed by atoms with Gasteiger partial charge >= 0.3 is 0 Å². The van der Waals surface area contributed by atoms with Crippen molar-refractivity contribution in [1.29, 1.82) is 0 Å². The maximum Gasteiger partial charge on any atom is 0.226 e. The van der Waals surface area contributed by atoms with Gasteiger partial charge in [-0.2, -0.15) is 0 Å². The first-order chi connectivity index (χ1) is 14.0. The number of hydrogen-bond acceptors (Lipinski definition) is 6. The maximum atomic E-state index is 12.3. The fraction of sp³-hybridized carbons (Fsp3) is 0.381. The van der Waals surface area contributed by atoms with E-state index in [9.17, 15) is 4.79 Å². The van der Waals surface area contributed by atoms with Crippen LogP contribution in [0.5, 0.6) is 0 Å². The third kappa shape index (κ3) is 4.86. The Bertz CT molecular complexity index is 1030. The molecule has 0 atom stereocenters. The molecule has 2 aromatic heterocycles. The normalized spacial score (nSPS) is 15.1. The Morgan fingerprint density at radius 2 is 2.00 bits per heavy atom. The number of nitrogens with one attached hydrogen (secondary N) is 1. The Labute approximate surface area is 179 Å². The van der Waals surface area contributed by atoms with E-state index in [1.165, 1.54) is 0 Å². The second kappa shape index (κ2) is 8.65. The summed E-state index contributed by atoms with van der Waals surface area (Å²) < 4.78 is 0. The van der Waals surface area contributed by atoms with Crippen LogP contribution in [0.3, 0.4) is 0 Å². The number of anilines is 2. The monoisotopic (exact) mass is 429 g/mol. The zero-order chi connectivity index (χ0) is 20.4. The molecular formula is C21H24ClN5OS. The predicted octanol–water partition coefficient (Wildman–Crippen LogP) is 3.98. The molecule has 3 aromatic rings. The molecule has 0 saturated carbocycles. The standard InChI is InChI=1S/C21H24ClN5OS/c1-14-18-12-16(24-20(28)6-4-17-11-15(22)13-29-17)3-5-19(18)25-21(23-14)27-9-7-26(2)8-10-27/h3,5,11-13H,4,6-10H2,1-2H3,(H,24,28). The van der Waals surface area contributed by atoms with Gasteiger partial charge in [0.1, 0.15) is 0 Å². The van der Waals surface area contributed by atoms with E-state index in [2.05, 4.69) is 22.2 Å². The lowest BCUT2D eigenvalue weighted by Gasteiger charge is -2.32. The molecule has 152 valence electrons. The van der Waals surface area contributed by atoms with Gasteiger partial charge in [-0.3, -0.25) is 4.79 Å². The van der Waals surface area contributed by atoms with Crippen LogP contribution >= 0.6 is 22.9 Å². The van der Waals surface area contributed by atoms with E-state index < -0.39 is 0 Å². The highest BCUT2D eigenvalue weighted by Gasteiger charge is 2.18. The van der Waals surface area contributed by atoms with Crippen LogP contribution in [0, 0.1) is 6.92 Å². The Morgan fingerprint density at radius 1 is 1.21 bits per heavy atom. The molecule has 0 unspecified atom stereocenters. The van der Waals surface area contributed by atoms with E-state index in [0.717, 1.165) is 64.3 Å². The van der Waals surface area contributed by atoms with Crippen molar-refractivity contribution in [3.8, 4) is 0 Å². The third-order valence-corrected chi connectivity index (χ3v) is 6.51. The van der Waals surface area contributed by atoms with Crippen LogP contribution in [0.4, 0.5) is 11.6 Å². The minimum absolute atomic E-state index is 0.0125. The van der Waals surface area contributed by atoms with E-state index in [1.807, 2.05) is 36.6 Å². The van der Waals surface area contributed by atoms with Crippen LogP contribution in [-0.4, -0.2) is 54.0 Å². The van der Waals surface area contributed by atoms with Gasteiger partial charge < -0.3 is 15.1 Å². The van der Waals surface area contributed by atoms with E-state index in [1.54, 1.807) is 11.3 Å². The summed E-state index contributed by atoms with van der Waals surface area (Å²) in [5, 5.41) is 6.56. The molecule has 6 nitrogen and oxygen atoms in total. The summed E-state index contributed by atoms with van der Waals surface area (Å²) in [6, 6.07) is 7.73. The number of nitrogens with zero attached hydrogens (tertiary/aromatic N) is 4. The van der Waals surface area contributed by atoms with Crippen LogP contribution in [-0.2, 0) is 11.2 Å². The summed E-state index contributed by atoms with van der Waals surface area (Å²) >= 11 is 7.52. The lowest BCUT2D eigenvalue weighted by atomic mass is 10.1. The average Bonchev–Trinajstić information content (AvgIpc) is 3.12. The number of amides is 1. The molecule has 1 aromatic carbocycles. The molecule has 1 aliphatic rings. The molecule has 0 bridgehead atoms. The number of hydrogen-bond donors (Lipinski definition) is 1. The third-order valence-electron chi connectivity index (χ3n) is 5.16. The van der Waals surface area contributed by atoms with Crippen LogP contribution in [0.25, 0.3) is 10.9 Å². The van der Waals surface area contributed by atoms with E-state index in [4.69, 9.17) is 21.6 Å². The molecule has 3 heterocycles. The zero-order valence-electron chi connectivity index (χ0n) is 16.6. The number of carbonyl (C=O) groups excluding carboxylic acids is 1. The lowest BCUT2D eigenvalue weighted by Crippen LogP contribution is -2.45. The Morgan fingerprint density at radius 3 is 2.72 bits per heavy atom. The van der Waals surface area contributed by atoms with Crippen molar-refractivity contribution < 1.29 is 4.79 Å². The minimum Gasteiger partial charge on any atom is -0.338 e. The first kappa shape index (κ1) is 20.1. The number of fused-ring (bicyclic) bond motifs is 1. The van der Waals surface area contributed by atoms with Crippen LogP contribution in [0.2, 0.25) is 5.02 Å². The van der Waals surface area contributed by atoms with Crippen molar-refractivity contribution in [2.75, 3.05) is 43.4 Å². The molecule has 1 fully saturated rings. The molecule has 29 heavy (non-hydrogen) atoms. The number of benzene rings is 1. The number of aromatic nitrogens is 2. The fourth-order valence-electron chi connectivity index (χ4n) is 3.44. The summed E-state index contributed by atoms with van der Waals surface area (Å²) in [5.74, 6) is 0.774. The van der Waals surface area contributed by atoms with Crippen molar-refractivity contribution in [2.45, 2.75) is 19.8 Å². The highest BCUT2D eigenvalue weighted by molar-refractivity contribution is 7.10. The molecule has 8 heteroatoms. The van der Waals surface area contributed by atoms with Gasteiger partial charge in [-0.25, -0.2) is 9.97 Å². The first-order valence-electron chi connectivity index (χ1n) is 9.72. The largest absolute Gasteiger partial charge is 0.338 e. The lowest BCUT2D eigenvalue weighted by molar-refractivity contribution is -0.116. The molecule has 1 saturated heterocycles. The summed E-state index contributed by atoms with van der Waals surface area (Å²) in [6.45, 7) is 5.90. The van der Waals surface area contributed by atoms with Gasteiger partial charge in [-0.15, -0.1) is 11.3 Å². The topological polar surface area (TPSA) is 61.4 Å². The van der Waals surface area contributed by atoms with Gasteiger partial charge in [0.25, 0.3) is 0 Å². The molecular weight excluding hydrogens is 406 g/mol. The van der Waals surface area contributed by atoms with E-state index in [0.29, 0.717) is 12.8 Å². The molecule has 1 aliphatic heterocycles. The van der Waals surface area contributed by atoms with Gasteiger partial charge in [0, 0.05) is 53.9 Å². The second-order valence-corrected chi connectivity index (χ2v) is 8.84. The Balaban J connectivity index is 1.45. The average molecular weight is 430 g/mol. The van der Waals surface area contributed by atoms with Crippen molar-refractivity contribution in [3.63, 3.8) is 0 Å². The van der Waals surface area contributed by atoms with Crippen molar-refractivity contribution in [2.24, 2.45) is 0 Å². The SMILES string of the molecule is Cc1nc(N2CCN(C)CC2)nc2ccc(NC(=O)CCc3cc(Cl)cs3)cc12. The number of halogens is 1. The number of rotatable bonds is 5. The van der Waals surface area contributed by atoms with Crippen molar-refractivity contribution in [3.05, 3.63) is 45.2 Å². The summed E-state index contributed by atoms with van der Waals surface area (Å²) in [7, 11) is 2.13. The predicted molar refractivity (Wildman–Crippen MR) is 120 cm³/mol. The highest BCUT2D eigenvalue weighted by atomic mass is 35.5. The Kier molecular flexibility index (Phi) is 5.99. The minimum atomic E-state index is -0.0125.